The molecule has 1 saturated carbocycles. The quantitative estimate of drug-likeness (QED) is 0.449. The van der Waals surface area contributed by atoms with Crippen molar-refractivity contribution < 1.29 is 4.92 Å². The average molecular weight is 171 g/mol. The van der Waals surface area contributed by atoms with Crippen LogP contribution in [0.1, 0.15) is 40.0 Å². The van der Waals surface area contributed by atoms with Gasteiger partial charge in [-0.2, -0.15) is 0 Å². The van der Waals surface area contributed by atoms with E-state index in [1.165, 1.54) is 0 Å². The van der Waals surface area contributed by atoms with Gasteiger partial charge in [0.2, 0.25) is 6.04 Å². The second-order valence-corrected chi connectivity index (χ2v) is 4.74. The number of nitrogens with zero attached hydrogens (tertiary/aromatic N) is 1. The Morgan fingerprint density at radius 2 is 2.08 bits per heavy atom. The van der Waals surface area contributed by atoms with Gasteiger partial charge < -0.3 is 0 Å². The van der Waals surface area contributed by atoms with Crippen molar-refractivity contribution in [3.63, 3.8) is 0 Å². The number of rotatable bonds is 1. The van der Waals surface area contributed by atoms with Gasteiger partial charge in [-0.3, -0.25) is 10.1 Å². The monoisotopic (exact) mass is 171 g/mol. The summed E-state index contributed by atoms with van der Waals surface area (Å²) in [5.41, 5.74) is 0.311. The number of hydrogen-bond acceptors (Lipinski definition) is 2. The molecule has 0 bridgehead atoms. The summed E-state index contributed by atoms with van der Waals surface area (Å²) < 4.78 is 0. The fraction of sp³-hybridized carbons (Fsp3) is 1.00. The zero-order chi connectivity index (χ0) is 9.35. The maximum Gasteiger partial charge on any atom is 0.215 e. The molecule has 2 atom stereocenters. The van der Waals surface area contributed by atoms with Gasteiger partial charge in [-0.25, -0.2) is 0 Å². The molecule has 0 aromatic carbocycles. The van der Waals surface area contributed by atoms with Crippen LogP contribution in [0.2, 0.25) is 0 Å². The van der Waals surface area contributed by atoms with E-state index in [1.54, 1.807) is 0 Å². The molecule has 3 nitrogen and oxygen atoms in total. The normalized spacial score (nSPS) is 34.6. The first kappa shape index (κ1) is 9.49. The molecule has 0 heterocycles. The highest BCUT2D eigenvalue weighted by molar-refractivity contribution is 4.82. The second kappa shape index (κ2) is 3.04. The van der Waals surface area contributed by atoms with Gasteiger partial charge >= 0.3 is 0 Å². The van der Waals surface area contributed by atoms with Crippen molar-refractivity contribution in [1.29, 1.82) is 0 Å². The third kappa shape index (κ3) is 1.96. The molecule has 1 aliphatic rings. The molecule has 0 amide bonds. The Morgan fingerprint density at radius 3 is 2.50 bits per heavy atom. The van der Waals surface area contributed by atoms with E-state index in [1.807, 2.05) is 6.92 Å². The van der Waals surface area contributed by atoms with Crippen LogP contribution < -0.4 is 0 Å². The molecule has 0 aliphatic heterocycles. The third-order valence-electron chi connectivity index (χ3n) is 2.92. The molecule has 0 radical (unpaired) electrons. The van der Waals surface area contributed by atoms with Crippen LogP contribution in [0.25, 0.3) is 0 Å². The van der Waals surface area contributed by atoms with E-state index in [-0.39, 0.29) is 16.9 Å². The molecule has 0 aromatic rings. The lowest BCUT2D eigenvalue weighted by atomic mass is 9.71. The van der Waals surface area contributed by atoms with Gasteiger partial charge in [0.1, 0.15) is 0 Å². The van der Waals surface area contributed by atoms with Crippen LogP contribution in [0.15, 0.2) is 0 Å². The Balaban J connectivity index is 2.60. The van der Waals surface area contributed by atoms with Crippen molar-refractivity contribution >= 4 is 0 Å². The van der Waals surface area contributed by atoms with Crippen molar-refractivity contribution in [3.8, 4) is 0 Å². The van der Waals surface area contributed by atoms with Gasteiger partial charge in [-0.1, -0.05) is 20.8 Å². The van der Waals surface area contributed by atoms with Crippen LogP contribution in [-0.4, -0.2) is 11.0 Å². The lowest BCUT2D eigenvalue weighted by Gasteiger charge is -2.34. The zero-order valence-corrected chi connectivity index (χ0v) is 8.04. The maximum atomic E-state index is 10.6. The van der Waals surface area contributed by atoms with E-state index < -0.39 is 0 Å². The zero-order valence-electron chi connectivity index (χ0n) is 8.04. The summed E-state index contributed by atoms with van der Waals surface area (Å²) in [6.07, 6.45) is 2.72. The summed E-state index contributed by atoms with van der Waals surface area (Å²) in [7, 11) is 0. The maximum absolute atomic E-state index is 10.6. The van der Waals surface area contributed by atoms with Crippen LogP contribution in [-0.2, 0) is 0 Å². The third-order valence-corrected chi connectivity index (χ3v) is 2.92. The Morgan fingerprint density at radius 1 is 1.50 bits per heavy atom. The topological polar surface area (TPSA) is 43.1 Å². The molecular weight excluding hydrogens is 154 g/mol. The minimum absolute atomic E-state index is 0.111. The Labute approximate surface area is 73.3 Å². The van der Waals surface area contributed by atoms with E-state index in [0.717, 1.165) is 19.3 Å². The average Bonchev–Trinajstić information content (AvgIpc) is 1.83. The fourth-order valence-corrected chi connectivity index (χ4v) is 2.25. The smallest absolute Gasteiger partial charge is 0.215 e. The molecule has 0 aromatic heterocycles. The van der Waals surface area contributed by atoms with E-state index in [4.69, 9.17) is 0 Å². The molecule has 1 rings (SSSR count). The minimum atomic E-state index is -0.293. The number of nitro groups is 1. The Bertz CT molecular complexity index is 189. The molecule has 0 N–H and O–H groups in total. The lowest BCUT2D eigenvalue weighted by molar-refractivity contribution is -0.536. The highest BCUT2D eigenvalue weighted by atomic mass is 16.6. The molecule has 1 fully saturated rings. The van der Waals surface area contributed by atoms with Crippen LogP contribution in [0.3, 0.4) is 0 Å². The predicted octanol–water partition coefficient (Wildman–Crippen LogP) is 2.48. The summed E-state index contributed by atoms with van der Waals surface area (Å²) in [6.45, 7) is 6.38. The van der Waals surface area contributed by atoms with Crippen LogP contribution in [0, 0.1) is 21.4 Å². The molecule has 3 heteroatoms. The van der Waals surface area contributed by atoms with E-state index in [9.17, 15) is 10.1 Å². The van der Waals surface area contributed by atoms with E-state index in [0.29, 0.717) is 5.41 Å². The summed E-state index contributed by atoms with van der Waals surface area (Å²) in [6, 6.07) is -0.293. The standard InChI is InChI=1S/C9H17NO2/c1-7-6-9(2,3)5-4-8(7)10(11)12/h7-8H,4-6H2,1-3H3/t7-,8-/m1/s1. The van der Waals surface area contributed by atoms with E-state index in [2.05, 4.69) is 13.8 Å². The minimum Gasteiger partial charge on any atom is -0.264 e. The van der Waals surface area contributed by atoms with Gasteiger partial charge in [0, 0.05) is 17.3 Å². The fourth-order valence-electron chi connectivity index (χ4n) is 2.25. The molecular formula is C9H17NO2. The summed E-state index contributed by atoms with van der Waals surface area (Å²) >= 11 is 0. The van der Waals surface area contributed by atoms with E-state index >= 15 is 0 Å². The predicted molar refractivity (Wildman–Crippen MR) is 47.6 cm³/mol. The van der Waals surface area contributed by atoms with Crippen molar-refractivity contribution in [2.24, 2.45) is 11.3 Å². The summed E-state index contributed by atoms with van der Waals surface area (Å²) in [4.78, 5) is 10.5. The largest absolute Gasteiger partial charge is 0.264 e. The van der Waals surface area contributed by atoms with Crippen molar-refractivity contribution in [1.82, 2.24) is 0 Å². The first-order valence-electron chi connectivity index (χ1n) is 4.56. The van der Waals surface area contributed by atoms with Crippen LogP contribution in [0.5, 0.6) is 0 Å². The molecule has 70 valence electrons. The second-order valence-electron chi connectivity index (χ2n) is 4.74. The van der Waals surface area contributed by atoms with Crippen molar-refractivity contribution in [2.45, 2.75) is 46.1 Å². The van der Waals surface area contributed by atoms with Gasteiger partial charge in [-0.05, 0) is 18.3 Å². The summed E-state index contributed by atoms with van der Waals surface area (Å²) in [5.74, 6) is 0.240. The van der Waals surface area contributed by atoms with Crippen LogP contribution in [0.4, 0.5) is 0 Å². The molecule has 1 aliphatic carbocycles. The SMILES string of the molecule is C[C@@H]1CC(C)(C)CC[C@H]1[N+](=O)[O-]. The first-order chi connectivity index (χ1) is 5.42. The van der Waals surface area contributed by atoms with Gasteiger partial charge in [0.25, 0.3) is 0 Å². The molecule has 0 unspecified atom stereocenters. The van der Waals surface area contributed by atoms with Crippen LogP contribution >= 0.6 is 0 Å². The van der Waals surface area contributed by atoms with Crippen molar-refractivity contribution in [3.05, 3.63) is 10.1 Å². The highest BCUT2D eigenvalue weighted by Crippen LogP contribution is 2.39. The highest BCUT2D eigenvalue weighted by Gasteiger charge is 2.38. The number of hydrogen-bond donors (Lipinski definition) is 0. The first-order valence-corrected chi connectivity index (χ1v) is 4.56. The van der Waals surface area contributed by atoms with Gasteiger partial charge in [0.15, 0.2) is 0 Å². The Hall–Kier alpha value is -0.600. The van der Waals surface area contributed by atoms with Crippen molar-refractivity contribution in [2.75, 3.05) is 0 Å². The van der Waals surface area contributed by atoms with Gasteiger partial charge in [0.05, 0.1) is 0 Å². The lowest BCUT2D eigenvalue weighted by Crippen LogP contribution is -2.36. The molecule has 0 saturated heterocycles. The molecule has 12 heavy (non-hydrogen) atoms. The Kier molecular flexibility index (Phi) is 2.40. The molecule has 0 spiro atoms. The van der Waals surface area contributed by atoms with Gasteiger partial charge in [-0.15, -0.1) is 0 Å². The summed E-state index contributed by atoms with van der Waals surface area (Å²) in [5, 5.41) is 10.6.